The topological polar surface area (TPSA) is 42.1 Å². The molecule has 3 aromatic rings. The number of halogens is 1. The molecule has 1 aromatic carbocycles. The van der Waals surface area contributed by atoms with Crippen molar-refractivity contribution in [2.75, 3.05) is 7.11 Å². The molecular formula is C13H10FNO2S. The van der Waals surface area contributed by atoms with Gasteiger partial charge in [0.1, 0.15) is 10.4 Å². The summed E-state index contributed by atoms with van der Waals surface area (Å²) in [6.45, 7) is 1.88. The van der Waals surface area contributed by atoms with Crippen LogP contribution in [-0.2, 0) is 0 Å². The van der Waals surface area contributed by atoms with Crippen LogP contribution in [0.2, 0.25) is 0 Å². The summed E-state index contributed by atoms with van der Waals surface area (Å²) in [7, 11) is 1.58. The van der Waals surface area contributed by atoms with Gasteiger partial charge in [0, 0.05) is 10.8 Å². The summed E-state index contributed by atoms with van der Waals surface area (Å²) >= 11 is 0.862. The van der Waals surface area contributed by atoms with Crippen LogP contribution in [0.5, 0.6) is 5.75 Å². The lowest BCUT2D eigenvalue weighted by Crippen LogP contribution is -2.05. The number of nitrogens with one attached hydrogen (secondary N) is 1. The zero-order valence-electron chi connectivity index (χ0n) is 9.83. The van der Waals surface area contributed by atoms with Crippen molar-refractivity contribution in [1.82, 2.24) is 4.98 Å². The van der Waals surface area contributed by atoms with Crippen molar-refractivity contribution in [3.8, 4) is 5.75 Å². The van der Waals surface area contributed by atoms with Gasteiger partial charge in [-0.25, -0.2) is 0 Å². The third-order valence-corrected chi connectivity index (χ3v) is 3.90. The summed E-state index contributed by atoms with van der Waals surface area (Å²) in [5.41, 5.74) is 1.38. The van der Waals surface area contributed by atoms with E-state index in [0.717, 1.165) is 27.8 Å². The molecule has 18 heavy (non-hydrogen) atoms. The number of thiophene rings is 1. The van der Waals surface area contributed by atoms with Crippen LogP contribution in [-0.4, -0.2) is 12.1 Å². The number of fused-ring (bicyclic) bond motifs is 3. The number of H-pyrrole nitrogens is 1. The van der Waals surface area contributed by atoms with Crippen LogP contribution in [0.15, 0.2) is 23.0 Å². The predicted octanol–water partition coefficient (Wildman–Crippen LogP) is 3.20. The molecular weight excluding hydrogens is 253 g/mol. The van der Waals surface area contributed by atoms with Gasteiger partial charge in [0.05, 0.1) is 12.6 Å². The Bertz CT molecular complexity index is 819. The van der Waals surface area contributed by atoms with Crippen molar-refractivity contribution in [2.45, 2.75) is 6.92 Å². The van der Waals surface area contributed by atoms with E-state index in [1.54, 1.807) is 7.11 Å². The summed E-state index contributed by atoms with van der Waals surface area (Å²) < 4.78 is 19.0. The third kappa shape index (κ3) is 1.51. The second-order valence-electron chi connectivity index (χ2n) is 4.11. The van der Waals surface area contributed by atoms with E-state index >= 15 is 0 Å². The highest BCUT2D eigenvalue weighted by molar-refractivity contribution is 7.17. The normalized spacial score (nSPS) is 11.3. The van der Waals surface area contributed by atoms with Gasteiger partial charge in [0.25, 0.3) is 5.56 Å². The lowest BCUT2D eigenvalue weighted by molar-refractivity contribution is 0.415. The highest BCUT2D eigenvalue weighted by atomic mass is 32.1. The fraction of sp³-hybridized carbons (Fsp3) is 0.154. The number of aryl methyl sites for hydroxylation is 1. The van der Waals surface area contributed by atoms with Gasteiger partial charge in [-0.1, -0.05) is 0 Å². The fourth-order valence-electron chi connectivity index (χ4n) is 2.15. The molecule has 0 fully saturated rings. The average molecular weight is 263 g/mol. The lowest BCUT2D eigenvalue weighted by atomic mass is 10.1. The molecule has 92 valence electrons. The molecule has 2 heterocycles. The monoisotopic (exact) mass is 263 g/mol. The van der Waals surface area contributed by atoms with Crippen LogP contribution in [0, 0.1) is 12.1 Å². The summed E-state index contributed by atoms with van der Waals surface area (Å²) in [4.78, 5) is 14.7. The number of hydrogen-bond acceptors (Lipinski definition) is 3. The van der Waals surface area contributed by atoms with Crippen LogP contribution in [0.25, 0.3) is 21.0 Å². The molecule has 0 atom stereocenters. The van der Waals surface area contributed by atoms with Crippen molar-refractivity contribution < 1.29 is 9.13 Å². The van der Waals surface area contributed by atoms with Gasteiger partial charge in [-0.3, -0.25) is 4.79 Å². The second kappa shape index (κ2) is 3.81. The Labute approximate surface area is 106 Å². The van der Waals surface area contributed by atoms with Gasteiger partial charge in [-0.05, 0) is 30.7 Å². The van der Waals surface area contributed by atoms with E-state index in [-0.39, 0.29) is 10.7 Å². The van der Waals surface area contributed by atoms with E-state index in [4.69, 9.17) is 4.74 Å². The Morgan fingerprint density at radius 3 is 2.78 bits per heavy atom. The molecule has 0 aliphatic rings. The Balaban J connectivity index is 2.59. The SMILES string of the molecule is COc1cc(C)c2[nH]c(=O)c3sc(F)cc3c2c1. The van der Waals surface area contributed by atoms with Crippen LogP contribution < -0.4 is 10.3 Å². The van der Waals surface area contributed by atoms with Crippen LogP contribution >= 0.6 is 11.3 Å². The van der Waals surface area contributed by atoms with E-state index in [1.165, 1.54) is 6.07 Å². The van der Waals surface area contributed by atoms with Gasteiger partial charge in [-0.15, -0.1) is 11.3 Å². The number of rotatable bonds is 1. The van der Waals surface area contributed by atoms with E-state index in [2.05, 4.69) is 4.98 Å². The molecule has 0 bridgehead atoms. The van der Waals surface area contributed by atoms with Crippen molar-refractivity contribution in [3.63, 3.8) is 0 Å². The molecule has 3 nitrogen and oxygen atoms in total. The van der Waals surface area contributed by atoms with Gasteiger partial charge >= 0.3 is 0 Å². The molecule has 0 unspecified atom stereocenters. The largest absolute Gasteiger partial charge is 0.497 e. The number of pyridine rings is 1. The van der Waals surface area contributed by atoms with Gasteiger partial charge in [-0.2, -0.15) is 4.39 Å². The summed E-state index contributed by atoms with van der Waals surface area (Å²) in [6, 6.07) is 5.05. The van der Waals surface area contributed by atoms with Crippen molar-refractivity contribution in [2.24, 2.45) is 0 Å². The molecule has 1 N–H and O–H groups in total. The van der Waals surface area contributed by atoms with Gasteiger partial charge in [0.15, 0.2) is 5.13 Å². The van der Waals surface area contributed by atoms with Crippen LogP contribution in [0.1, 0.15) is 5.56 Å². The molecule has 2 aromatic heterocycles. The quantitative estimate of drug-likeness (QED) is 0.732. The standard InChI is InChI=1S/C13H10FNO2S/c1-6-3-7(17-2)4-8-9-5-10(14)18-12(9)13(16)15-11(6)8/h3-5H,1-2H3,(H,15,16). The number of methoxy groups -OCH3 is 1. The molecule has 0 saturated carbocycles. The van der Waals surface area contributed by atoms with Crippen LogP contribution in [0.3, 0.4) is 0 Å². The Kier molecular flexibility index (Phi) is 2.38. The zero-order valence-corrected chi connectivity index (χ0v) is 10.7. The second-order valence-corrected chi connectivity index (χ2v) is 5.12. The fourth-order valence-corrected chi connectivity index (χ4v) is 2.94. The molecule has 5 heteroatoms. The maximum atomic E-state index is 13.3. The summed E-state index contributed by atoms with van der Waals surface area (Å²) in [5.74, 6) is 0.694. The number of ether oxygens (including phenoxy) is 1. The molecule has 0 aliphatic heterocycles. The first-order chi connectivity index (χ1) is 8.60. The highest BCUT2D eigenvalue weighted by Crippen LogP contribution is 2.31. The minimum absolute atomic E-state index is 0.250. The lowest BCUT2D eigenvalue weighted by Gasteiger charge is -2.07. The van der Waals surface area contributed by atoms with Gasteiger partial charge in [0.2, 0.25) is 0 Å². The minimum Gasteiger partial charge on any atom is -0.497 e. The number of aromatic amines is 1. The number of aromatic nitrogens is 1. The summed E-state index contributed by atoms with van der Waals surface area (Å²) in [5, 5.41) is 1.09. The van der Waals surface area contributed by atoms with Gasteiger partial charge < -0.3 is 9.72 Å². The molecule has 0 radical (unpaired) electrons. The first-order valence-electron chi connectivity index (χ1n) is 5.40. The molecule has 3 rings (SSSR count). The predicted molar refractivity (Wildman–Crippen MR) is 71.2 cm³/mol. The van der Waals surface area contributed by atoms with E-state index in [9.17, 15) is 9.18 Å². The van der Waals surface area contributed by atoms with E-state index in [1.807, 2.05) is 19.1 Å². The third-order valence-electron chi connectivity index (χ3n) is 2.98. The highest BCUT2D eigenvalue weighted by Gasteiger charge is 2.12. The Morgan fingerprint density at radius 1 is 1.28 bits per heavy atom. The maximum absolute atomic E-state index is 13.3. The Hall–Kier alpha value is -1.88. The summed E-state index contributed by atoms with van der Waals surface area (Å²) in [6.07, 6.45) is 0. The first-order valence-corrected chi connectivity index (χ1v) is 6.21. The van der Waals surface area contributed by atoms with Crippen molar-refractivity contribution in [3.05, 3.63) is 39.2 Å². The molecule has 0 aliphatic carbocycles. The smallest absolute Gasteiger partial charge is 0.266 e. The molecule has 0 saturated heterocycles. The number of hydrogen-bond donors (Lipinski definition) is 1. The van der Waals surface area contributed by atoms with Crippen molar-refractivity contribution >= 4 is 32.3 Å². The van der Waals surface area contributed by atoms with Crippen molar-refractivity contribution in [1.29, 1.82) is 0 Å². The van der Waals surface area contributed by atoms with E-state index < -0.39 is 0 Å². The van der Waals surface area contributed by atoms with Crippen LogP contribution in [0.4, 0.5) is 4.39 Å². The maximum Gasteiger partial charge on any atom is 0.266 e. The first kappa shape index (κ1) is 11.2. The minimum atomic E-state index is -0.358. The number of benzene rings is 1. The average Bonchev–Trinajstić information content (AvgIpc) is 2.73. The van der Waals surface area contributed by atoms with E-state index in [0.29, 0.717) is 15.8 Å². The molecule has 0 amide bonds. The zero-order chi connectivity index (χ0) is 12.9. The Morgan fingerprint density at radius 2 is 2.06 bits per heavy atom. The molecule has 0 spiro atoms.